The van der Waals surface area contributed by atoms with E-state index >= 15 is 0 Å². The molecule has 2 atom stereocenters. The van der Waals surface area contributed by atoms with Crippen LogP contribution in [0.15, 0.2) is 16.6 Å². The van der Waals surface area contributed by atoms with Crippen molar-refractivity contribution in [1.29, 1.82) is 0 Å². The number of hydrogen-bond acceptors (Lipinski definition) is 6. The molecule has 2 N–H and O–H groups in total. The molecule has 0 unspecified atom stereocenters. The Kier molecular flexibility index (Phi) is 7.08. The number of fused-ring (bicyclic) bond motifs is 1. The molecular weight excluding hydrogens is 438 g/mol. The number of halogens is 1. The van der Waals surface area contributed by atoms with Gasteiger partial charge in [-0.05, 0) is 58.5 Å². The summed E-state index contributed by atoms with van der Waals surface area (Å²) in [6.45, 7) is 4.07. The molecule has 1 amide bonds. The Labute approximate surface area is 180 Å². The summed E-state index contributed by atoms with van der Waals surface area (Å²) in [6, 6.07) is 4.51. The molecule has 7 nitrogen and oxygen atoms in total. The maximum atomic E-state index is 13.4. The molecule has 2 aliphatic heterocycles. The third-order valence-electron chi connectivity index (χ3n) is 5.65. The molecule has 2 heterocycles. The fraction of sp³-hybridized carbons (Fsp3) is 0.667. The number of hydrogen-bond donors (Lipinski definition) is 2. The van der Waals surface area contributed by atoms with Crippen LogP contribution < -0.4 is 15.4 Å². The van der Waals surface area contributed by atoms with Gasteiger partial charge in [-0.1, -0.05) is 0 Å². The molecule has 1 aromatic carbocycles. The highest BCUT2D eigenvalue weighted by atomic mass is 79.9. The van der Waals surface area contributed by atoms with Gasteiger partial charge in [0.1, 0.15) is 18.0 Å². The fourth-order valence-electron chi connectivity index (χ4n) is 4.04. The third-order valence-corrected chi connectivity index (χ3v) is 6.27. The summed E-state index contributed by atoms with van der Waals surface area (Å²) >= 11 is 3.65. The molecule has 1 saturated carbocycles. The molecule has 1 aromatic rings. The second-order valence-corrected chi connectivity index (χ2v) is 8.68. The van der Waals surface area contributed by atoms with Gasteiger partial charge < -0.3 is 24.4 Å². The van der Waals surface area contributed by atoms with Gasteiger partial charge >= 0.3 is 0 Å². The lowest BCUT2D eigenvalue weighted by Gasteiger charge is -2.39. The van der Waals surface area contributed by atoms with Crippen molar-refractivity contribution < 1.29 is 19.0 Å². The number of nitrogens with one attached hydrogen (secondary N) is 2. The monoisotopic (exact) mass is 467 g/mol. The summed E-state index contributed by atoms with van der Waals surface area (Å²) < 4.78 is 17.8. The maximum Gasteiger partial charge on any atom is 0.254 e. The minimum absolute atomic E-state index is 0.0792. The highest BCUT2D eigenvalue weighted by Crippen LogP contribution is 2.40. The number of methoxy groups -OCH3 is 1. The zero-order valence-corrected chi connectivity index (χ0v) is 18.5. The number of ether oxygens (including phenoxy) is 3. The molecule has 8 heteroatoms. The third kappa shape index (κ3) is 4.94. The van der Waals surface area contributed by atoms with Crippen LogP contribution in [0.5, 0.6) is 5.75 Å². The van der Waals surface area contributed by atoms with Gasteiger partial charge in [0.05, 0.1) is 17.7 Å². The van der Waals surface area contributed by atoms with E-state index in [-0.39, 0.29) is 18.1 Å². The Bertz CT molecular complexity index is 722. The minimum Gasteiger partial charge on any atom is -0.492 e. The van der Waals surface area contributed by atoms with E-state index in [1.165, 1.54) is 5.56 Å². The number of carbonyl (C=O) groups is 1. The van der Waals surface area contributed by atoms with Crippen molar-refractivity contribution in [1.82, 2.24) is 15.5 Å². The van der Waals surface area contributed by atoms with Crippen molar-refractivity contribution in [2.45, 2.75) is 44.0 Å². The van der Waals surface area contributed by atoms with Crippen LogP contribution in [0.2, 0.25) is 0 Å². The van der Waals surface area contributed by atoms with Crippen molar-refractivity contribution >= 4 is 21.8 Å². The standard InChI is InChI=1S/C21H30BrN3O4/c1-27-8-2-9-28-18-12-16-14(11-17(18)22)5-6-24-20(16)25(15-3-4-15)21(26)19-13-23-7-10-29-19/h11-12,15,19-20,23-24H,2-10,13H2,1H3/t19-,20+/m1/s1. The summed E-state index contributed by atoms with van der Waals surface area (Å²) in [4.78, 5) is 15.4. The van der Waals surface area contributed by atoms with Gasteiger partial charge in [-0.15, -0.1) is 0 Å². The quantitative estimate of drug-likeness (QED) is 0.569. The van der Waals surface area contributed by atoms with E-state index in [4.69, 9.17) is 14.2 Å². The van der Waals surface area contributed by atoms with E-state index in [1.54, 1.807) is 7.11 Å². The average Bonchev–Trinajstić information content (AvgIpc) is 3.57. The predicted molar refractivity (Wildman–Crippen MR) is 113 cm³/mol. The van der Waals surface area contributed by atoms with Crippen molar-refractivity contribution in [3.8, 4) is 5.75 Å². The van der Waals surface area contributed by atoms with E-state index in [0.29, 0.717) is 26.4 Å². The minimum atomic E-state index is -0.406. The van der Waals surface area contributed by atoms with Crippen molar-refractivity contribution in [3.05, 3.63) is 27.7 Å². The smallest absolute Gasteiger partial charge is 0.254 e. The molecule has 0 aromatic heterocycles. The Hall–Kier alpha value is -1.19. The number of carbonyl (C=O) groups excluding carboxylic acids is 1. The number of rotatable bonds is 8. The Morgan fingerprint density at radius 2 is 2.17 bits per heavy atom. The number of benzene rings is 1. The zero-order chi connectivity index (χ0) is 20.2. The second-order valence-electron chi connectivity index (χ2n) is 7.82. The summed E-state index contributed by atoms with van der Waals surface area (Å²) in [5.41, 5.74) is 2.39. The number of morpholine rings is 1. The molecule has 0 bridgehead atoms. The van der Waals surface area contributed by atoms with Crippen LogP contribution in [-0.4, -0.2) is 69.5 Å². The van der Waals surface area contributed by atoms with Crippen LogP contribution in [0.1, 0.15) is 36.6 Å². The molecule has 4 rings (SSSR count). The average molecular weight is 468 g/mol. The zero-order valence-electron chi connectivity index (χ0n) is 16.9. The van der Waals surface area contributed by atoms with Crippen LogP contribution >= 0.6 is 15.9 Å². The molecule has 160 valence electrons. The van der Waals surface area contributed by atoms with Crippen LogP contribution in [0.3, 0.4) is 0 Å². The Morgan fingerprint density at radius 1 is 1.31 bits per heavy atom. The molecule has 29 heavy (non-hydrogen) atoms. The van der Waals surface area contributed by atoms with Gasteiger partial charge in [-0.25, -0.2) is 0 Å². The van der Waals surface area contributed by atoms with Crippen molar-refractivity contribution in [2.24, 2.45) is 0 Å². The molecule has 0 spiro atoms. The molecule has 3 aliphatic rings. The normalized spacial score (nSPS) is 24.1. The first-order chi connectivity index (χ1) is 14.2. The van der Waals surface area contributed by atoms with Crippen molar-refractivity contribution in [2.75, 3.05) is 46.6 Å². The maximum absolute atomic E-state index is 13.4. The van der Waals surface area contributed by atoms with Gasteiger partial charge in [0.15, 0.2) is 0 Å². The van der Waals surface area contributed by atoms with Gasteiger partial charge in [-0.2, -0.15) is 0 Å². The SMILES string of the molecule is COCCCOc1cc2c(cc1Br)CCN[C@H]2N(C(=O)[C@H]1CNCCO1)C1CC1. The molecular formula is C21H30BrN3O4. The molecule has 1 aliphatic carbocycles. The summed E-state index contributed by atoms with van der Waals surface area (Å²) in [7, 11) is 1.69. The first-order valence-corrected chi connectivity index (χ1v) is 11.3. The van der Waals surface area contributed by atoms with Crippen LogP contribution in [0.4, 0.5) is 0 Å². The van der Waals surface area contributed by atoms with Crippen molar-refractivity contribution in [3.63, 3.8) is 0 Å². The molecule has 0 radical (unpaired) electrons. The van der Waals surface area contributed by atoms with Gasteiger partial charge in [0.25, 0.3) is 5.91 Å². The van der Waals surface area contributed by atoms with E-state index < -0.39 is 6.10 Å². The summed E-state index contributed by atoms with van der Waals surface area (Å²) in [5.74, 6) is 0.892. The first kappa shape index (κ1) is 21.1. The van der Waals surface area contributed by atoms with E-state index in [9.17, 15) is 4.79 Å². The van der Waals surface area contributed by atoms with Crippen LogP contribution in [-0.2, 0) is 20.7 Å². The van der Waals surface area contributed by atoms with Crippen LogP contribution in [0.25, 0.3) is 0 Å². The lowest BCUT2D eigenvalue weighted by atomic mass is 9.96. The molecule has 2 fully saturated rings. The second kappa shape index (κ2) is 9.75. The van der Waals surface area contributed by atoms with E-state index in [1.807, 2.05) is 4.90 Å². The lowest BCUT2D eigenvalue weighted by Crippen LogP contribution is -2.54. The number of nitrogens with zero attached hydrogens (tertiary/aromatic N) is 1. The highest BCUT2D eigenvalue weighted by Gasteiger charge is 2.42. The van der Waals surface area contributed by atoms with E-state index in [2.05, 4.69) is 38.7 Å². The van der Waals surface area contributed by atoms with Gasteiger partial charge in [0, 0.05) is 45.8 Å². The lowest BCUT2D eigenvalue weighted by molar-refractivity contribution is -0.149. The van der Waals surface area contributed by atoms with Gasteiger partial charge in [0.2, 0.25) is 0 Å². The van der Waals surface area contributed by atoms with Gasteiger partial charge in [-0.3, -0.25) is 10.1 Å². The topological polar surface area (TPSA) is 72.1 Å². The van der Waals surface area contributed by atoms with E-state index in [0.717, 1.165) is 54.6 Å². The fourth-order valence-corrected chi connectivity index (χ4v) is 4.55. The predicted octanol–water partition coefficient (Wildman–Crippen LogP) is 1.99. The highest BCUT2D eigenvalue weighted by molar-refractivity contribution is 9.10. The first-order valence-electron chi connectivity index (χ1n) is 10.5. The van der Waals surface area contributed by atoms with Crippen LogP contribution in [0, 0.1) is 0 Å². The Morgan fingerprint density at radius 3 is 2.90 bits per heavy atom. The summed E-state index contributed by atoms with van der Waals surface area (Å²) in [5, 5.41) is 6.85. The number of amides is 1. The Balaban J connectivity index is 1.57. The molecule has 1 saturated heterocycles. The summed E-state index contributed by atoms with van der Waals surface area (Å²) in [6.07, 6.45) is 3.32. The largest absolute Gasteiger partial charge is 0.492 e.